The molecule has 130 valence electrons. The van der Waals surface area contributed by atoms with Gasteiger partial charge in [0.1, 0.15) is 12.4 Å². The number of amides is 1. The molecule has 1 aliphatic rings. The van der Waals surface area contributed by atoms with E-state index in [1.54, 1.807) is 24.3 Å². The summed E-state index contributed by atoms with van der Waals surface area (Å²) in [6.07, 6.45) is 4.34. The second-order valence-corrected chi connectivity index (χ2v) is 6.19. The molecule has 0 aliphatic carbocycles. The number of hydrogen-bond acceptors (Lipinski definition) is 5. The van der Waals surface area contributed by atoms with Gasteiger partial charge >= 0.3 is 5.76 Å². The summed E-state index contributed by atoms with van der Waals surface area (Å²) in [5.74, 6) is 0.945. The Morgan fingerprint density at radius 3 is 3.00 bits per heavy atom. The Morgan fingerprint density at radius 2 is 2.08 bits per heavy atom. The molecule has 0 saturated heterocycles. The largest absolute Gasteiger partial charge is 0.420 e. The van der Waals surface area contributed by atoms with Crippen LogP contribution in [0, 0.1) is 0 Å². The lowest BCUT2D eigenvalue weighted by atomic mass is 10.2. The Bertz CT molecular complexity index is 968. The molecule has 1 aliphatic heterocycles. The van der Waals surface area contributed by atoms with Gasteiger partial charge in [0.25, 0.3) is 0 Å². The van der Waals surface area contributed by atoms with Crippen molar-refractivity contribution in [3.8, 4) is 0 Å². The molecule has 8 nitrogen and oxygen atoms in total. The molecular weight excluding hydrogens is 322 g/mol. The van der Waals surface area contributed by atoms with Crippen molar-refractivity contribution >= 4 is 17.0 Å². The van der Waals surface area contributed by atoms with Crippen LogP contribution in [0.1, 0.15) is 30.9 Å². The van der Waals surface area contributed by atoms with Crippen LogP contribution in [0.25, 0.3) is 11.1 Å². The highest BCUT2D eigenvalue weighted by molar-refractivity contribution is 5.79. The van der Waals surface area contributed by atoms with Crippen LogP contribution in [0.5, 0.6) is 0 Å². The first kappa shape index (κ1) is 15.6. The summed E-state index contributed by atoms with van der Waals surface area (Å²) in [6, 6.07) is 7.05. The zero-order chi connectivity index (χ0) is 17.2. The smallest absolute Gasteiger partial charge is 0.408 e. The molecular formula is C17H19N5O3. The van der Waals surface area contributed by atoms with E-state index in [4.69, 9.17) is 4.42 Å². The van der Waals surface area contributed by atoms with E-state index in [9.17, 15) is 9.59 Å². The molecule has 4 rings (SSSR count). The van der Waals surface area contributed by atoms with E-state index in [2.05, 4.69) is 20.1 Å². The van der Waals surface area contributed by atoms with Crippen LogP contribution < -0.4 is 11.1 Å². The maximum atomic E-state index is 12.3. The summed E-state index contributed by atoms with van der Waals surface area (Å²) >= 11 is 0. The average Bonchev–Trinajstić information content (AvgIpc) is 3.04. The van der Waals surface area contributed by atoms with Crippen LogP contribution in [0.4, 0.5) is 0 Å². The van der Waals surface area contributed by atoms with Crippen LogP contribution in [0.15, 0.2) is 33.5 Å². The van der Waals surface area contributed by atoms with Crippen molar-refractivity contribution in [3.05, 3.63) is 46.5 Å². The van der Waals surface area contributed by atoms with Gasteiger partial charge in [-0.2, -0.15) is 0 Å². The average molecular weight is 341 g/mol. The van der Waals surface area contributed by atoms with Crippen molar-refractivity contribution in [2.75, 3.05) is 0 Å². The minimum atomic E-state index is -0.535. The molecule has 0 bridgehead atoms. The summed E-state index contributed by atoms with van der Waals surface area (Å²) in [7, 11) is 0. The van der Waals surface area contributed by atoms with Crippen molar-refractivity contribution < 1.29 is 9.21 Å². The van der Waals surface area contributed by atoms with Crippen LogP contribution in [-0.2, 0) is 30.8 Å². The second-order valence-electron chi connectivity index (χ2n) is 6.19. The first-order chi connectivity index (χ1) is 12.2. The molecule has 3 aromatic rings. The number of benzene rings is 1. The highest BCUT2D eigenvalue weighted by atomic mass is 16.4. The number of aryl methyl sites for hydroxylation is 1. The Labute approximate surface area is 143 Å². The van der Waals surface area contributed by atoms with Gasteiger partial charge in [-0.05, 0) is 25.0 Å². The third-order valence-corrected chi connectivity index (χ3v) is 4.51. The van der Waals surface area contributed by atoms with E-state index in [0.717, 1.165) is 37.5 Å². The summed E-state index contributed by atoms with van der Waals surface area (Å²) in [5.41, 5.74) is 1.09. The van der Waals surface area contributed by atoms with Crippen molar-refractivity contribution in [3.63, 3.8) is 0 Å². The van der Waals surface area contributed by atoms with E-state index in [1.165, 1.54) is 11.0 Å². The third kappa shape index (κ3) is 3.07. The monoisotopic (exact) mass is 341 g/mol. The molecule has 0 atom stereocenters. The van der Waals surface area contributed by atoms with Crippen LogP contribution >= 0.6 is 0 Å². The first-order valence-electron chi connectivity index (χ1n) is 8.48. The van der Waals surface area contributed by atoms with Crippen molar-refractivity contribution in [1.82, 2.24) is 24.6 Å². The Kier molecular flexibility index (Phi) is 4.09. The van der Waals surface area contributed by atoms with Gasteiger partial charge in [0.05, 0.1) is 12.1 Å². The third-order valence-electron chi connectivity index (χ3n) is 4.51. The maximum Gasteiger partial charge on any atom is 0.420 e. The van der Waals surface area contributed by atoms with Crippen LogP contribution in [-0.4, -0.2) is 25.2 Å². The number of para-hydroxylation sites is 2. The lowest BCUT2D eigenvalue weighted by molar-refractivity contribution is -0.121. The molecule has 0 spiro atoms. The zero-order valence-corrected chi connectivity index (χ0v) is 13.8. The van der Waals surface area contributed by atoms with E-state index in [-0.39, 0.29) is 12.5 Å². The maximum absolute atomic E-state index is 12.3. The quantitative estimate of drug-likeness (QED) is 0.770. The number of aromatic nitrogens is 4. The number of rotatable bonds is 4. The highest BCUT2D eigenvalue weighted by Gasteiger charge is 2.16. The summed E-state index contributed by atoms with van der Waals surface area (Å²) < 4.78 is 8.56. The molecule has 8 heteroatoms. The fourth-order valence-electron chi connectivity index (χ4n) is 3.22. The van der Waals surface area contributed by atoms with Gasteiger partial charge in [-0.3, -0.25) is 9.36 Å². The van der Waals surface area contributed by atoms with E-state index in [0.29, 0.717) is 17.6 Å². The van der Waals surface area contributed by atoms with Crippen molar-refractivity contribution in [2.24, 2.45) is 0 Å². The lowest BCUT2D eigenvalue weighted by Crippen LogP contribution is -2.31. The number of nitrogens with one attached hydrogen (secondary N) is 1. The molecule has 0 saturated carbocycles. The summed E-state index contributed by atoms with van der Waals surface area (Å²) in [6.45, 7) is 1.10. The molecule has 3 heterocycles. The summed E-state index contributed by atoms with van der Waals surface area (Å²) in [4.78, 5) is 24.2. The topological polar surface area (TPSA) is 94.9 Å². The molecule has 0 unspecified atom stereocenters. The van der Waals surface area contributed by atoms with Gasteiger partial charge in [-0.25, -0.2) is 4.79 Å². The Hall–Kier alpha value is -2.90. The van der Waals surface area contributed by atoms with Gasteiger partial charge in [-0.15, -0.1) is 10.2 Å². The second kappa shape index (κ2) is 6.54. The lowest BCUT2D eigenvalue weighted by Gasteiger charge is -2.08. The minimum Gasteiger partial charge on any atom is -0.408 e. The Balaban J connectivity index is 1.45. The SMILES string of the molecule is O=C(Cn1c(=O)oc2ccccc21)NCc1nnc2n1CCCCC2. The normalized spacial score (nSPS) is 14.2. The van der Waals surface area contributed by atoms with E-state index < -0.39 is 5.76 Å². The number of carbonyl (C=O) groups is 1. The number of fused-ring (bicyclic) bond motifs is 2. The molecule has 2 aromatic heterocycles. The number of hydrogen-bond donors (Lipinski definition) is 1. The van der Waals surface area contributed by atoms with Crippen molar-refractivity contribution in [2.45, 2.75) is 45.3 Å². The van der Waals surface area contributed by atoms with E-state index >= 15 is 0 Å². The molecule has 25 heavy (non-hydrogen) atoms. The molecule has 1 N–H and O–H groups in total. The number of nitrogens with zero attached hydrogens (tertiary/aromatic N) is 4. The first-order valence-corrected chi connectivity index (χ1v) is 8.48. The van der Waals surface area contributed by atoms with E-state index in [1.807, 2.05) is 0 Å². The van der Waals surface area contributed by atoms with Gasteiger partial charge in [-0.1, -0.05) is 18.6 Å². The van der Waals surface area contributed by atoms with Crippen molar-refractivity contribution in [1.29, 1.82) is 0 Å². The van der Waals surface area contributed by atoms with Gasteiger partial charge < -0.3 is 14.3 Å². The standard InChI is InChI=1S/C17H19N5O3/c23-16(11-22-12-6-3-4-7-13(12)25-17(22)24)18-10-15-20-19-14-8-2-1-5-9-21(14)15/h3-4,6-7H,1-2,5,8-11H2,(H,18,23). The predicted octanol–water partition coefficient (Wildman–Crippen LogP) is 1.23. The minimum absolute atomic E-state index is 0.0865. The van der Waals surface area contributed by atoms with Gasteiger partial charge in [0.2, 0.25) is 5.91 Å². The predicted molar refractivity (Wildman–Crippen MR) is 89.9 cm³/mol. The van der Waals surface area contributed by atoms with Crippen LogP contribution in [0.3, 0.4) is 0 Å². The van der Waals surface area contributed by atoms with Gasteiger partial charge in [0.15, 0.2) is 11.4 Å². The molecule has 0 radical (unpaired) electrons. The molecule has 1 amide bonds. The molecule has 1 aromatic carbocycles. The number of carbonyl (C=O) groups excluding carboxylic acids is 1. The zero-order valence-electron chi connectivity index (χ0n) is 13.8. The fourth-order valence-corrected chi connectivity index (χ4v) is 3.22. The Morgan fingerprint density at radius 1 is 1.20 bits per heavy atom. The highest BCUT2D eigenvalue weighted by Crippen LogP contribution is 2.14. The van der Waals surface area contributed by atoms with Crippen LogP contribution in [0.2, 0.25) is 0 Å². The fraction of sp³-hybridized carbons (Fsp3) is 0.412. The van der Waals surface area contributed by atoms with Gasteiger partial charge in [0, 0.05) is 13.0 Å². The summed E-state index contributed by atoms with van der Waals surface area (Å²) in [5, 5.41) is 11.2. The molecule has 0 fully saturated rings. The number of oxazole rings is 1.